The van der Waals surface area contributed by atoms with Crippen LogP contribution in [0.25, 0.3) is 0 Å². The molecule has 0 saturated carbocycles. The highest BCUT2D eigenvalue weighted by Gasteiger charge is 2.41. The van der Waals surface area contributed by atoms with Gasteiger partial charge in [-0.1, -0.05) is 0 Å². The summed E-state index contributed by atoms with van der Waals surface area (Å²) in [5.74, 6) is -0.101. The molecule has 1 saturated heterocycles. The number of aliphatic hydroxyl groups excluding tert-OH is 1. The van der Waals surface area contributed by atoms with Gasteiger partial charge in [0.25, 0.3) is 0 Å². The van der Waals surface area contributed by atoms with E-state index in [1.807, 2.05) is 0 Å². The Morgan fingerprint density at radius 3 is 2.33 bits per heavy atom. The summed E-state index contributed by atoms with van der Waals surface area (Å²) in [5, 5.41) is 23.4. The van der Waals surface area contributed by atoms with E-state index in [2.05, 4.69) is 5.10 Å². The number of ether oxygens (including phenoxy) is 2. The number of imide groups is 1. The molecule has 2 N–H and O–H groups in total. The Bertz CT molecular complexity index is 721. The van der Waals surface area contributed by atoms with Gasteiger partial charge in [0.15, 0.2) is 6.17 Å². The van der Waals surface area contributed by atoms with Gasteiger partial charge in [-0.05, 0) is 41.5 Å². The molecule has 0 aliphatic carbocycles. The summed E-state index contributed by atoms with van der Waals surface area (Å²) >= 11 is 0. The first kappa shape index (κ1) is 21.1. The van der Waals surface area contributed by atoms with Crippen molar-refractivity contribution in [3.05, 3.63) is 11.8 Å². The average Bonchev–Trinajstić information content (AvgIpc) is 3.01. The first-order chi connectivity index (χ1) is 12.2. The Morgan fingerprint density at radius 2 is 1.93 bits per heavy atom. The number of rotatable bonds is 2. The Balaban J connectivity index is 2.52. The smallest absolute Gasteiger partial charge is 0.425 e. The van der Waals surface area contributed by atoms with E-state index in [0.29, 0.717) is 4.90 Å². The number of hydrogen-bond acceptors (Lipinski definition) is 6. The van der Waals surface area contributed by atoms with Gasteiger partial charge in [0.05, 0.1) is 17.8 Å². The molecule has 1 aliphatic heterocycles. The third-order valence-electron chi connectivity index (χ3n) is 3.74. The van der Waals surface area contributed by atoms with Gasteiger partial charge in [0, 0.05) is 6.07 Å². The topological polar surface area (TPSA) is 114 Å². The van der Waals surface area contributed by atoms with Crippen LogP contribution in [0, 0.1) is 0 Å². The number of anilines is 1. The van der Waals surface area contributed by atoms with Crippen LogP contribution in [0.1, 0.15) is 53.3 Å². The number of nitrogens with zero attached hydrogens (tertiary/aromatic N) is 3. The highest BCUT2D eigenvalue weighted by Crippen LogP contribution is 2.35. The van der Waals surface area contributed by atoms with Crippen molar-refractivity contribution < 1.29 is 33.7 Å². The van der Waals surface area contributed by atoms with Crippen LogP contribution in [0.15, 0.2) is 6.07 Å². The van der Waals surface area contributed by atoms with E-state index >= 15 is 0 Å². The van der Waals surface area contributed by atoms with Crippen molar-refractivity contribution >= 4 is 18.0 Å². The molecule has 0 spiro atoms. The number of aliphatic hydroxyl groups is 1. The summed E-state index contributed by atoms with van der Waals surface area (Å²) in [6.07, 6.45) is -6.82. The molecule has 152 valence electrons. The third kappa shape index (κ3) is 4.56. The van der Waals surface area contributed by atoms with Crippen molar-refractivity contribution in [3.8, 4) is 0 Å². The van der Waals surface area contributed by atoms with Crippen molar-refractivity contribution in [2.45, 2.75) is 71.1 Å². The van der Waals surface area contributed by atoms with Gasteiger partial charge < -0.3 is 19.7 Å². The first-order valence-corrected chi connectivity index (χ1v) is 8.52. The molecule has 2 heterocycles. The predicted octanol–water partition coefficient (Wildman–Crippen LogP) is 2.83. The lowest BCUT2D eigenvalue weighted by atomic mass is 10.1. The zero-order chi connectivity index (χ0) is 20.7. The monoisotopic (exact) mass is 387 g/mol. The second-order valence-corrected chi connectivity index (χ2v) is 8.37. The zero-order valence-electron chi connectivity index (χ0n) is 16.3. The molecule has 1 fully saturated rings. The number of carbonyl (C=O) groups excluding carboxylic acids is 1. The third-order valence-corrected chi connectivity index (χ3v) is 3.74. The van der Waals surface area contributed by atoms with E-state index in [1.165, 1.54) is 10.7 Å². The fraction of sp³-hybridized carbons (Fsp3) is 0.706. The summed E-state index contributed by atoms with van der Waals surface area (Å²) in [4.78, 5) is 24.7. The van der Waals surface area contributed by atoms with Crippen molar-refractivity contribution in [3.63, 3.8) is 0 Å². The van der Waals surface area contributed by atoms with Crippen LogP contribution in [0.3, 0.4) is 0 Å². The molecule has 10 heteroatoms. The Labute approximate surface area is 156 Å². The quantitative estimate of drug-likeness (QED) is 0.802. The number of aromatic nitrogens is 2. The molecule has 0 radical (unpaired) electrons. The fourth-order valence-corrected chi connectivity index (χ4v) is 2.59. The minimum absolute atomic E-state index is 0.0822. The van der Waals surface area contributed by atoms with Crippen LogP contribution in [0.5, 0.6) is 0 Å². The molecule has 3 atom stereocenters. The Hall–Kier alpha value is -2.20. The molecule has 1 aliphatic rings. The lowest BCUT2D eigenvalue weighted by molar-refractivity contribution is 0.0578. The van der Waals surface area contributed by atoms with Crippen molar-refractivity contribution in [1.29, 1.82) is 0 Å². The van der Waals surface area contributed by atoms with E-state index in [-0.39, 0.29) is 18.1 Å². The normalized spacial score (nSPS) is 23.3. The number of amides is 2. The summed E-state index contributed by atoms with van der Waals surface area (Å²) in [6.45, 7) is 9.88. The van der Waals surface area contributed by atoms with E-state index in [4.69, 9.17) is 9.47 Å². The van der Waals surface area contributed by atoms with Crippen LogP contribution >= 0.6 is 0 Å². The SMILES string of the molecule is CC(C)(C)OC(=O)N(C(=O)O)c1cc([C@H]2OC[C@@H](O)[C@H]2F)nn1C(C)(C)C. The Morgan fingerprint density at radius 1 is 1.33 bits per heavy atom. The molecule has 1 aromatic heterocycles. The van der Waals surface area contributed by atoms with Gasteiger partial charge in [-0.25, -0.2) is 18.7 Å². The van der Waals surface area contributed by atoms with Gasteiger partial charge in [-0.3, -0.25) is 0 Å². The standard InChI is InChI=1S/C17H26FN3O6/c1-16(2,3)21-11(20(14(23)24)15(25)27-17(4,5)6)7-9(19-21)13-12(18)10(22)8-26-13/h7,10,12-13,22H,8H2,1-6H3,(H,23,24)/t10-,12-,13-/m1/s1. The Kier molecular flexibility index (Phi) is 5.53. The van der Waals surface area contributed by atoms with Crippen molar-refractivity contribution in [2.24, 2.45) is 0 Å². The van der Waals surface area contributed by atoms with E-state index < -0.39 is 41.7 Å². The van der Waals surface area contributed by atoms with Crippen LogP contribution in [-0.4, -0.2) is 56.7 Å². The summed E-state index contributed by atoms with van der Waals surface area (Å²) in [6, 6.07) is 1.26. The van der Waals surface area contributed by atoms with Crippen molar-refractivity contribution in [1.82, 2.24) is 9.78 Å². The lowest BCUT2D eigenvalue weighted by Crippen LogP contribution is -2.42. The maximum absolute atomic E-state index is 14.2. The number of alkyl halides is 1. The average molecular weight is 387 g/mol. The van der Waals surface area contributed by atoms with E-state index in [9.17, 15) is 24.2 Å². The maximum atomic E-state index is 14.2. The predicted molar refractivity (Wildman–Crippen MR) is 93.6 cm³/mol. The molecular weight excluding hydrogens is 361 g/mol. The molecule has 0 bridgehead atoms. The van der Waals surface area contributed by atoms with Crippen molar-refractivity contribution in [2.75, 3.05) is 11.5 Å². The van der Waals surface area contributed by atoms with E-state index in [1.54, 1.807) is 41.5 Å². The second-order valence-electron chi connectivity index (χ2n) is 8.37. The molecule has 1 aromatic rings. The number of hydrogen-bond donors (Lipinski definition) is 2. The number of carboxylic acid groups (broad SMARTS) is 1. The van der Waals surface area contributed by atoms with Crippen LogP contribution in [0.4, 0.5) is 19.8 Å². The van der Waals surface area contributed by atoms with Crippen LogP contribution < -0.4 is 4.90 Å². The summed E-state index contributed by atoms with van der Waals surface area (Å²) in [5.41, 5.74) is -1.56. The highest BCUT2D eigenvalue weighted by molar-refractivity contribution is 6.08. The van der Waals surface area contributed by atoms with Gasteiger partial charge in [0.2, 0.25) is 0 Å². The summed E-state index contributed by atoms with van der Waals surface area (Å²) < 4.78 is 25.9. The lowest BCUT2D eigenvalue weighted by Gasteiger charge is -2.28. The first-order valence-electron chi connectivity index (χ1n) is 8.52. The minimum atomic E-state index is -1.71. The minimum Gasteiger partial charge on any atom is -0.464 e. The molecule has 27 heavy (non-hydrogen) atoms. The van der Waals surface area contributed by atoms with Crippen LogP contribution in [-0.2, 0) is 15.0 Å². The fourth-order valence-electron chi connectivity index (χ4n) is 2.59. The van der Waals surface area contributed by atoms with Gasteiger partial charge >= 0.3 is 12.2 Å². The molecule has 2 rings (SSSR count). The molecular formula is C17H26FN3O6. The number of carbonyl (C=O) groups is 2. The summed E-state index contributed by atoms with van der Waals surface area (Å²) in [7, 11) is 0. The van der Waals surface area contributed by atoms with Gasteiger partial charge in [-0.2, -0.15) is 10.00 Å². The molecule has 0 unspecified atom stereocenters. The second kappa shape index (κ2) is 7.08. The largest absolute Gasteiger partial charge is 0.464 e. The number of halogens is 1. The highest BCUT2D eigenvalue weighted by atomic mass is 19.1. The van der Waals surface area contributed by atoms with E-state index in [0.717, 1.165) is 0 Å². The maximum Gasteiger partial charge on any atom is 0.425 e. The van der Waals surface area contributed by atoms with Crippen LogP contribution in [0.2, 0.25) is 0 Å². The zero-order valence-corrected chi connectivity index (χ0v) is 16.3. The van der Waals surface area contributed by atoms with Gasteiger partial charge in [0.1, 0.15) is 23.6 Å². The molecule has 9 nitrogen and oxygen atoms in total. The van der Waals surface area contributed by atoms with Gasteiger partial charge in [-0.15, -0.1) is 0 Å². The molecule has 2 amide bonds. The molecule has 0 aromatic carbocycles.